The van der Waals surface area contributed by atoms with Crippen molar-refractivity contribution in [3.05, 3.63) is 70.2 Å². The summed E-state index contributed by atoms with van der Waals surface area (Å²) in [6.45, 7) is 1.77. The van der Waals surface area contributed by atoms with Crippen molar-refractivity contribution < 1.29 is 18.2 Å². The fraction of sp³-hybridized carbons (Fsp3) is 0.111. The molecule has 9 heteroatoms. The lowest BCUT2D eigenvalue weighted by Crippen LogP contribution is -2.32. The molecule has 0 aliphatic carbocycles. The second-order valence-electron chi connectivity index (χ2n) is 5.96. The van der Waals surface area contributed by atoms with Crippen LogP contribution in [0, 0.1) is 6.92 Å². The third kappa shape index (κ3) is 4.37. The van der Waals surface area contributed by atoms with Gasteiger partial charge in [0.15, 0.2) is 8.38 Å². The average molecular weight is 444 g/mol. The summed E-state index contributed by atoms with van der Waals surface area (Å²) in [4.78, 5) is 19.0. The number of fused-ring (bicyclic) bond motifs is 1. The molecule has 142 valence electrons. The Labute approximate surface area is 168 Å². The highest BCUT2D eigenvalue weighted by Crippen LogP contribution is 2.37. The summed E-state index contributed by atoms with van der Waals surface area (Å²) < 4.78 is 27.5. The van der Waals surface area contributed by atoms with Crippen molar-refractivity contribution in [1.82, 2.24) is 0 Å². The van der Waals surface area contributed by atoms with Gasteiger partial charge in [0.2, 0.25) is 0 Å². The Balaban J connectivity index is 2.21. The molecule has 0 amide bonds. The summed E-state index contributed by atoms with van der Waals surface area (Å²) in [6.07, 6.45) is -0.471. The predicted octanol–water partition coefficient (Wildman–Crippen LogP) is 4.90. The number of benzene rings is 3. The smallest absolute Gasteiger partial charge is 0.264 e. The standard InChI is InChI=1S/C18H16Cl2NO4PS/c1-12-6-13-4-2-3-5-14(13)7-18(12)21(11-26(22)23)27(24,25)17-9-15(19)8-16(20)10-17/h2-10,22-23H,11H2,1H3. The van der Waals surface area contributed by atoms with E-state index in [2.05, 4.69) is 0 Å². The lowest BCUT2D eigenvalue weighted by molar-refractivity contribution is 0.482. The van der Waals surface area contributed by atoms with Gasteiger partial charge >= 0.3 is 0 Å². The predicted molar refractivity (Wildman–Crippen MR) is 111 cm³/mol. The summed E-state index contributed by atoms with van der Waals surface area (Å²) >= 11 is 11.9. The van der Waals surface area contributed by atoms with E-state index in [4.69, 9.17) is 23.2 Å². The number of sulfonamides is 1. The highest BCUT2D eigenvalue weighted by Gasteiger charge is 2.29. The molecule has 0 spiro atoms. The van der Waals surface area contributed by atoms with E-state index in [1.54, 1.807) is 13.0 Å². The van der Waals surface area contributed by atoms with Crippen molar-refractivity contribution in [2.45, 2.75) is 11.8 Å². The van der Waals surface area contributed by atoms with Crippen LogP contribution in [-0.4, -0.2) is 24.5 Å². The second-order valence-corrected chi connectivity index (χ2v) is 9.72. The average Bonchev–Trinajstić information content (AvgIpc) is 2.58. The van der Waals surface area contributed by atoms with Gasteiger partial charge in [-0.3, -0.25) is 4.31 Å². The zero-order valence-electron chi connectivity index (χ0n) is 14.2. The molecule has 0 saturated heterocycles. The van der Waals surface area contributed by atoms with Crippen LogP contribution in [0.15, 0.2) is 59.5 Å². The molecule has 0 aromatic heterocycles. The molecular formula is C18H16Cl2NO4PS. The molecule has 5 nitrogen and oxygen atoms in total. The van der Waals surface area contributed by atoms with Gasteiger partial charge in [-0.05, 0) is 53.6 Å². The third-order valence-electron chi connectivity index (χ3n) is 4.01. The monoisotopic (exact) mass is 443 g/mol. The molecule has 3 aromatic carbocycles. The van der Waals surface area contributed by atoms with Crippen LogP contribution < -0.4 is 4.31 Å². The molecule has 0 bridgehead atoms. The maximum atomic E-state index is 13.3. The van der Waals surface area contributed by atoms with Crippen LogP contribution in [0.5, 0.6) is 0 Å². The van der Waals surface area contributed by atoms with E-state index in [1.165, 1.54) is 18.2 Å². The molecular weight excluding hydrogens is 428 g/mol. The number of halogens is 2. The largest absolute Gasteiger partial charge is 0.349 e. The zero-order valence-corrected chi connectivity index (χ0v) is 17.4. The molecule has 3 rings (SSSR count). The van der Waals surface area contributed by atoms with E-state index >= 15 is 0 Å². The van der Waals surface area contributed by atoms with Crippen molar-refractivity contribution in [2.75, 3.05) is 10.6 Å². The minimum atomic E-state index is -4.12. The quantitative estimate of drug-likeness (QED) is 0.549. The fourth-order valence-corrected chi connectivity index (χ4v) is 6.03. The Bertz CT molecular complexity index is 1090. The number of hydrogen-bond donors (Lipinski definition) is 2. The minimum absolute atomic E-state index is 0.121. The Kier molecular flexibility index (Phi) is 5.96. The first-order chi connectivity index (χ1) is 12.7. The van der Waals surface area contributed by atoms with Gasteiger partial charge in [0.25, 0.3) is 10.0 Å². The van der Waals surface area contributed by atoms with Crippen molar-refractivity contribution in [3.63, 3.8) is 0 Å². The van der Waals surface area contributed by atoms with Crippen molar-refractivity contribution in [2.24, 2.45) is 0 Å². The molecule has 0 aliphatic rings. The Hall–Kier alpha value is -1.40. The molecule has 0 saturated carbocycles. The van der Waals surface area contributed by atoms with Crippen LogP contribution >= 0.6 is 31.6 Å². The Morgan fingerprint density at radius 3 is 2.07 bits per heavy atom. The number of rotatable bonds is 5. The first kappa shape index (κ1) is 20.3. The number of nitrogens with zero attached hydrogens (tertiary/aromatic N) is 1. The van der Waals surface area contributed by atoms with Gasteiger partial charge in [0.05, 0.1) is 10.6 Å². The van der Waals surface area contributed by atoms with Crippen molar-refractivity contribution in [3.8, 4) is 0 Å². The van der Waals surface area contributed by atoms with Gasteiger partial charge in [-0.15, -0.1) is 0 Å². The first-order valence-electron chi connectivity index (χ1n) is 7.82. The summed E-state index contributed by atoms with van der Waals surface area (Å²) in [5.41, 5.74) is 1.04. The van der Waals surface area contributed by atoms with Crippen molar-refractivity contribution >= 4 is 58.1 Å². The van der Waals surface area contributed by atoms with Gasteiger partial charge in [-0.25, -0.2) is 8.42 Å². The van der Waals surface area contributed by atoms with Crippen LogP contribution in [0.2, 0.25) is 10.0 Å². The van der Waals surface area contributed by atoms with E-state index in [0.29, 0.717) is 11.3 Å². The summed E-state index contributed by atoms with van der Waals surface area (Å²) in [5, 5.41) is 2.14. The van der Waals surface area contributed by atoms with E-state index in [0.717, 1.165) is 15.1 Å². The second kappa shape index (κ2) is 7.92. The van der Waals surface area contributed by atoms with Gasteiger partial charge in [0, 0.05) is 10.0 Å². The molecule has 0 atom stereocenters. The van der Waals surface area contributed by atoms with Gasteiger partial charge in [0.1, 0.15) is 6.29 Å². The maximum Gasteiger partial charge on any atom is 0.264 e. The van der Waals surface area contributed by atoms with Gasteiger partial charge in [-0.2, -0.15) is 0 Å². The lowest BCUT2D eigenvalue weighted by atomic mass is 10.1. The van der Waals surface area contributed by atoms with Crippen LogP contribution in [0.3, 0.4) is 0 Å². The van der Waals surface area contributed by atoms with E-state index in [9.17, 15) is 18.2 Å². The molecule has 0 heterocycles. The number of hydrogen-bond acceptors (Lipinski definition) is 4. The normalized spacial score (nSPS) is 11.9. The van der Waals surface area contributed by atoms with Crippen molar-refractivity contribution in [1.29, 1.82) is 0 Å². The summed E-state index contributed by atoms with van der Waals surface area (Å²) in [6, 6.07) is 15.1. The van der Waals surface area contributed by atoms with E-state index in [-0.39, 0.29) is 14.9 Å². The Morgan fingerprint density at radius 1 is 0.963 bits per heavy atom. The fourth-order valence-electron chi connectivity index (χ4n) is 2.81. The zero-order chi connectivity index (χ0) is 19.8. The van der Waals surface area contributed by atoms with Crippen LogP contribution in [0.4, 0.5) is 5.69 Å². The van der Waals surface area contributed by atoms with Crippen LogP contribution in [0.25, 0.3) is 10.8 Å². The molecule has 0 fully saturated rings. The lowest BCUT2D eigenvalue weighted by Gasteiger charge is -2.27. The first-order valence-corrected chi connectivity index (χ1v) is 11.4. The van der Waals surface area contributed by atoms with E-state index < -0.39 is 24.7 Å². The molecule has 27 heavy (non-hydrogen) atoms. The number of anilines is 1. The highest BCUT2D eigenvalue weighted by molar-refractivity contribution is 7.93. The summed E-state index contributed by atoms with van der Waals surface area (Å²) in [5.74, 6) is 0. The molecule has 0 unspecified atom stereocenters. The maximum absolute atomic E-state index is 13.3. The van der Waals surface area contributed by atoms with Gasteiger partial charge in [-0.1, -0.05) is 47.5 Å². The van der Waals surface area contributed by atoms with Crippen LogP contribution in [0.1, 0.15) is 5.56 Å². The minimum Gasteiger partial charge on any atom is -0.349 e. The van der Waals surface area contributed by atoms with E-state index in [1.807, 2.05) is 30.3 Å². The Morgan fingerprint density at radius 2 is 1.52 bits per heavy atom. The summed E-state index contributed by atoms with van der Waals surface area (Å²) in [7, 11) is -6.63. The molecule has 0 radical (unpaired) electrons. The highest BCUT2D eigenvalue weighted by atomic mass is 35.5. The van der Waals surface area contributed by atoms with Gasteiger partial charge < -0.3 is 9.79 Å². The number of aryl methyl sites for hydroxylation is 1. The third-order valence-corrected chi connectivity index (χ3v) is 6.91. The molecule has 0 aliphatic heterocycles. The SMILES string of the molecule is Cc1cc2ccccc2cc1N(CP(O)O)S(=O)(=O)c1cc(Cl)cc(Cl)c1. The molecule has 3 aromatic rings. The molecule has 2 N–H and O–H groups in total. The van der Waals surface area contributed by atoms with Crippen LogP contribution in [-0.2, 0) is 10.0 Å². The topological polar surface area (TPSA) is 77.8 Å².